The molecule has 0 aliphatic heterocycles. The molecule has 0 saturated heterocycles. The molecule has 114 valence electrons. The summed E-state index contributed by atoms with van der Waals surface area (Å²) in [5.74, 6) is 1.01. The van der Waals surface area contributed by atoms with Gasteiger partial charge in [-0.2, -0.15) is 0 Å². The van der Waals surface area contributed by atoms with Gasteiger partial charge in [0.05, 0.1) is 4.90 Å². The second-order valence-electron chi connectivity index (χ2n) is 4.94. The molecule has 0 bridgehead atoms. The molecular weight excluding hydrogens is 288 g/mol. The molecule has 0 atom stereocenters. The largest absolute Gasteiger partial charge is 0.385 e. The molecule has 0 aliphatic rings. The van der Waals surface area contributed by atoms with Crippen LogP contribution in [0.1, 0.15) is 5.82 Å². The Balaban J connectivity index is 1.96. The molecule has 7 heteroatoms. The van der Waals surface area contributed by atoms with Gasteiger partial charge in [-0.1, -0.05) is 0 Å². The van der Waals surface area contributed by atoms with Crippen molar-refractivity contribution in [3.8, 4) is 0 Å². The minimum Gasteiger partial charge on any atom is -0.385 e. The van der Waals surface area contributed by atoms with Crippen LogP contribution in [-0.2, 0) is 23.5 Å². The molecule has 2 rings (SSSR count). The third kappa shape index (κ3) is 3.62. The molecule has 0 spiro atoms. The summed E-state index contributed by atoms with van der Waals surface area (Å²) in [4.78, 5) is 4.54. The molecule has 1 aromatic heterocycles. The van der Waals surface area contributed by atoms with E-state index in [0.717, 1.165) is 24.5 Å². The van der Waals surface area contributed by atoms with E-state index < -0.39 is 10.0 Å². The highest BCUT2D eigenvalue weighted by molar-refractivity contribution is 7.89. The summed E-state index contributed by atoms with van der Waals surface area (Å²) in [6.45, 7) is 0.741. The third-order valence-electron chi connectivity index (χ3n) is 3.23. The number of sulfonamides is 1. The van der Waals surface area contributed by atoms with Crippen LogP contribution in [0.15, 0.2) is 41.6 Å². The lowest BCUT2D eigenvalue weighted by molar-refractivity contribution is 0.521. The van der Waals surface area contributed by atoms with Gasteiger partial charge < -0.3 is 9.88 Å². The number of hydrogen-bond donors (Lipinski definition) is 1. The van der Waals surface area contributed by atoms with Gasteiger partial charge in [-0.25, -0.2) is 17.7 Å². The Morgan fingerprint density at radius 3 is 2.43 bits per heavy atom. The van der Waals surface area contributed by atoms with Gasteiger partial charge in [0.15, 0.2) is 0 Å². The Kier molecular flexibility index (Phi) is 4.64. The summed E-state index contributed by atoms with van der Waals surface area (Å²) >= 11 is 0. The predicted octanol–water partition coefficient (Wildman–Crippen LogP) is 1.32. The predicted molar refractivity (Wildman–Crippen MR) is 82.7 cm³/mol. The van der Waals surface area contributed by atoms with Crippen LogP contribution in [-0.4, -0.2) is 42.9 Å². The van der Waals surface area contributed by atoms with Gasteiger partial charge >= 0.3 is 0 Å². The first-order valence-corrected chi connectivity index (χ1v) is 8.08. The van der Waals surface area contributed by atoms with Crippen molar-refractivity contribution in [1.82, 2.24) is 13.9 Å². The second-order valence-corrected chi connectivity index (χ2v) is 7.09. The van der Waals surface area contributed by atoms with Gasteiger partial charge in [0, 0.05) is 52.2 Å². The third-order valence-corrected chi connectivity index (χ3v) is 5.06. The van der Waals surface area contributed by atoms with E-state index >= 15 is 0 Å². The molecule has 1 aromatic carbocycles. The highest BCUT2D eigenvalue weighted by Gasteiger charge is 2.16. The number of hydrogen-bond acceptors (Lipinski definition) is 4. The van der Waals surface area contributed by atoms with Crippen LogP contribution in [0.3, 0.4) is 0 Å². The van der Waals surface area contributed by atoms with Gasteiger partial charge in [-0.3, -0.25) is 0 Å². The minimum absolute atomic E-state index is 0.294. The molecular formula is C14H20N4O2S. The average Bonchev–Trinajstić information content (AvgIpc) is 2.85. The minimum atomic E-state index is -3.36. The Morgan fingerprint density at radius 1 is 1.24 bits per heavy atom. The molecule has 1 N–H and O–H groups in total. The maximum Gasteiger partial charge on any atom is 0.242 e. The van der Waals surface area contributed by atoms with Crippen molar-refractivity contribution in [1.29, 1.82) is 0 Å². The van der Waals surface area contributed by atoms with E-state index in [0.29, 0.717) is 4.90 Å². The number of rotatable bonds is 6. The molecule has 0 aliphatic carbocycles. The Bertz CT molecular complexity index is 690. The Morgan fingerprint density at radius 2 is 1.90 bits per heavy atom. The van der Waals surface area contributed by atoms with E-state index in [1.807, 2.05) is 17.8 Å². The van der Waals surface area contributed by atoms with Crippen LogP contribution in [0.4, 0.5) is 5.69 Å². The van der Waals surface area contributed by atoms with E-state index in [4.69, 9.17) is 0 Å². The summed E-state index contributed by atoms with van der Waals surface area (Å²) in [6, 6.07) is 6.76. The van der Waals surface area contributed by atoms with E-state index in [1.54, 1.807) is 30.5 Å². The van der Waals surface area contributed by atoms with Crippen LogP contribution in [0.5, 0.6) is 0 Å². The summed E-state index contributed by atoms with van der Waals surface area (Å²) < 4.78 is 27.1. The lowest BCUT2D eigenvalue weighted by Gasteiger charge is -2.12. The summed E-state index contributed by atoms with van der Waals surface area (Å²) in [7, 11) is 1.64. The van der Waals surface area contributed by atoms with Crippen LogP contribution >= 0.6 is 0 Å². The van der Waals surface area contributed by atoms with Crippen molar-refractivity contribution in [3.05, 3.63) is 42.5 Å². The van der Waals surface area contributed by atoms with E-state index in [2.05, 4.69) is 10.3 Å². The average molecular weight is 308 g/mol. The van der Waals surface area contributed by atoms with Crippen molar-refractivity contribution in [2.24, 2.45) is 7.05 Å². The quantitative estimate of drug-likeness (QED) is 0.874. The van der Waals surface area contributed by atoms with Crippen LogP contribution in [0, 0.1) is 0 Å². The number of nitrogens with zero attached hydrogens (tertiary/aromatic N) is 3. The standard InChI is InChI=1S/C14H20N4O2S/c1-17(2)21(19,20)13-6-4-12(5-7-13)15-9-8-14-16-10-11-18(14)3/h4-7,10-11,15H,8-9H2,1-3H3. The SMILES string of the molecule is CN(C)S(=O)(=O)c1ccc(NCCc2nccn2C)cc1. The summed E-state index contributed by atoms with van der Waals surface area (Å²) in [5, 5.41) is 3.26. The first kappa shape index (κ1) is 15.5. The molecule has 0 unspecified atom stereocenters. The molecule has 0 amide bonds. The zero-order valence-electron chi connectivity index (χ0n) is 12.4. The zero-order chi connectivity index (χ0) is 15.5. The second kappa shape index (κ2) is 6.28. The lowest BCUT2D eigenvalue weighted by Crippen LogP contribution is -2.22. The van der Waals surface area contributed by atoms with Crippen LogP contribution in [0.25, 0.3) is 0 Å². The van der Waals surface area contributed by atoms with Crippen molar-refractivity contribution in [2.75, 3.05) is 26.0 Å². The van der Waals surface area contributed by atoms with Gasteiger partial charge in [-0.05, 0) is 24.3 Å². The number of anilines is 1. The summed E-state index contributed by atoms with van der Waals surface area (Å²) in [5.41, 5.74) is 0.891. The molecule has 2 aromatic rings. The highest BCUT2D eigenvalue weighted by Crippen LogP contribution is 2.16. The Labute approximate surface area is 125 Å². The molecule has 1 heterocycles. The van der Waals surface area contributed by atoms with Crippen molar-refractivity contribution >= 4 is 15.7 Å². The Hall–Kier alpha value is -1.86. The smallest absolute Gasteiger partial charge is 0.242 e. The monoisotopic (exact) mass is 308 g/mol. The fourth-order valence-corrected chi connectivity index (χ4v) is 2.81. The maximum absolute atomic E-state index is 11.9. The molecule has 21 heavy (non-hydrogen) atoms. The molecule has 0 radical (unpaired) electrons. The van der Waals surface area contributed by atoms with Crippen LogP contribution < -0.4 is 5.32 Å². The van der Waals surface area contributed by atoms with Gasteiger partial charge in [-0.15, -0.1) is 0 Å². The normalized spacial score (nSPS) is 11.8. The lowest BCUT2D eigenvalue weighted by atomic mass is 10.3. The summed E-state index contributed by atoms with van der Waals surface area (Å²) in [6.07, 6.45) is 4.49. The van der Waals surface area contributed by atoms with E-state index in [9.17, 15) is 8.42 Å². The first-order valence-electron chi connectivity index (χ1n) is 6.64. The number of nitrogens with one attached hydrogen (secondary N) is 1. The van der Waals surface area contributed by atoms with Gasteiger partial charge in [0.2, 0.25) is 10.0 Å². The number of aryl methyl sites for hydroxylation is 1. The fraction of sp³-hybridized carbons (Fsp3) is 0.357. The maximum atomic E-state index is 11.9. The van der Waals surface area contributed by atoms with Crippen molar-refractivity contribution in [3.63, 3.8) is 0 Å². The first-order chi connectivity index (χ1) is 9.91. The van der Waals surface area contributed by atoms with E-state index in [1.165, 1.54) is 18.4 Å². The van der Waals surface area contributed by atoms with Crippen LogP contribution in [0.2, 0.25) is 0 Å². The van der Waals surface area contributed by atoms with Gasteiger partial charge in [0.25, 0.3) is 0 Å². The van der Waals surface area contributed by atoms with Crippen molar-refractivity contribution in [2.45, 2.75) is 11.3 Å². The number of aromatic nitrogens is 2. The van der Waals surface area contributed by atoms with E-state index in [-0.39, 0.29) is 0 Å². The topological polar surface area (TPSA) is 67.2 Å². The molecule has 0 saturated carbocycles. The molecule has 0 fully saturated rings. The molecule has 6 nitrogen and oxygen atoms in total. The number of imidazole rings is 1. The highest BCUT2D eigenvalue weighted by atomic mass is 32.2. The zero-order valence-corrected chi connectivity index (χ0v) is 13.3. The van der Waals surface area contributed by atoms with Gasteiger partial charge in [0.1, 0.15) is 5.82 Å². The fourth-order valence-electron chi connectivity index (χ4n) is 1.91. The van der Waals surface area contributed by atoms with Crippen molar-refractivity contribution < 1.29 is 8.42 Å². The number of benzene rings is 1.